The third-order valence-corrected chi connectivity index (χ3v) is 4.10. The van der Waals surface area contributed by atoms with Crippen LogP contribution in [0.1, 0.15) is 58.3 Å². The van der Waals surface area contributed by atoms with Gasteiger partial charge in [0.2, 0.25) is 0 Å². The first-order valence-electron chi connectivity index (χ1n) is 7.83. The summed E-state index contributed by atoms with van der Waals surface area (Å²) in [6, 6.07) is 0. The van der Waals surface area contributed by atoms with Crippen molar-refractivity contribution in [2.75, 3.05) is 26.3 Å². The quantitative estimate of drug-likeness (QED) is 0.640. The van der Waals surface area contributed by atoms with Gasteiger partial charge in [-0.1, -0.05) is 26.2 Å². The van der Waals surface area contributed by atoms with E-state index in [0.717, 1.165) is 32.4 Å². The van der Waals surface area contributed by atoms with E-state index in [1.165, 1.54) is 32.1 Å². The van der Waals surface area contributed by atoms with Crippen molar-refractivity contribution in [3.8, 4) is 0 Å². The van der Waals surface area contributed by atoms with Crippen LogP contribution < -0.4 is 5.32 Å². The molecule has 1 aliphatic carbocycles. The Hall–Kier alpha value is -0.290. The number of halogens is 3. The Labute approximate surface area is 120 Å². The Kier molecular flexibility index (Phi) is 7.88. The number of ether oxygens (including phenoxy) is 1. The average molecular weight is 295 g/mol. The molecule has 5 heteroatoms. The fourth-order valence-corrected chi connectivity index (χ4v) is 3.08. The minimum atomic E-state index is -4.20. The number of hydrogen-bond donors (Lipinski definition) is 1. The monoisotopic (exact) mass is 295 g/mol. The highest BCUT2D eigenvalue weighted by molar-refractivity contribution is 4.84. The minimum absolute atomic E-state index is 0.217. The van der Waals surface area contributed by atoms with Crippen molar-refractivity contribution < 1.29 is 17.9 Å². The Morgan fingerprint density at radius 3 is 2.45 bits per heavy atom. The third kappa shape index (κ3) is 7.48. The van der Waals surface area contributed by atoms with E-state index in [4.69, 9.17) is 4.74 Å². The van der Waals surface area contributed by atoms with E-state index >= 15 is 0 Å². The molecule has 0 atom stereocenters. The molecule has 1 N–H and O–H groups in total. The molecule has 0 saturated heterocycles. The molecule has 0 amide bonds. The summed E-state index contributed by atoms with van der Waals surface area (Å²) >= 11 is 0. The van der Waals surface area contributed by atoms with Crippen molar-refractivity contribution in [3.63, 3.8) is 0 Å². The van der Waals surface area contributed by atoms with Crippen LogP contribution >= 0.6 is 0 Å². The van der Waals surface area contributed by atoms with Crippen molar-refractivity contribution >= 4 is 0 Å². The molecule has 0 unspecified atom stereocenters. The normalized spacial score (nSPS) is 19.2. The van der Waals surface area contributed by atoms with Crippen LogP contribution in [0.5, 0.6) is 0 Å². The Morgan fingerprint density at radius 1 is 1.15 bits per heavy atom. The lowest BCUT2D eigenvalue weighted by Crippen LogP contribution is -2.36. The molecule has 120 valence electrons. The van der Waals surface area contributed by atoms with E-state index in [1.807, 2.05) is 0 Å². The Bertz CT molecular complexity index is 250. The van der Waals surface area contributed by atoms with E-state index in [2.05, 4.69) is 12.2 Å². The first-order chi connectivity index (χ1) is 9.47. The zero-order chi connectivity index (χ0) is 14.9. The number of rotatable bonds is 9. The molecule has 0 radical (unpaired) electrons. The molecule has 1 saturated carbocycles. The standard InChI is InChI=1S/C15H28F3NO/c1-2-10-19-12-14(7-4-3-5-8-14)9-6-11-20-13-15(16,17)18/h19H,2-13H2,1H3. The molecule has 0 aromatic heterocycles. The van der Waals surface area contributed by atoms with Crippen molar-refractivity contribution in [3.05, 3.63) is 0 Å². The summed E-state index contributed by atoms with van der Waals surface area (Å²) < 4.78 is 40.7. The zero-order valence-electron chi connectivity index (χ0n) is 12.5. The van der Waals surface area contributed by atoms with Gasteiger partial charge in [0.25, 0.3) is 0 Å². The van der Waals surface area contributed by atoms with Crippen molar-refractivity contribution in [1.82, 2.24) is 5.32 Å². The van der Waals surface area contributed by atoms with Gasteiger partial charge in [-0.3, -0.25) is 0 Å². The molecular weight excluding hydrogens is 267 g/mol. The summed E-state index contributed by atoms with van der Waals surface area (Å²) in [6.07, 6.45) is 4.79. The summed E-state index contributed by atoms with van der Waals surface area (Å²) in [5.41, 5.74) is 0.287. The van der Waals surface area contributed by atoms with Gasteiger partial charge < -0.3 is 10.1 Å². The largest absolute Gasteiger partial charge is 0.411 e. The number of nitrogens with one attached hydrogen (secondary N) is 1. The highest BCUT2D eigenvalue weighted by atomic mass is 19.4. The molecule has 1 rings (SSSR count). The van der Waals surface area contributed by atoms with Crippen molar-refractivity contribution in [1.29, 1.82) is 0 Å². The molecule has 2 nitrogen and oxygen atoms in total. The Balaban J connectivity index is 2.26. The maximum absolute atomic E-state index is 12.0. The molecule has 0 bridgehead atoms. The fraction of sp³-hybridized carbons (Fsp3) is 1.00. The predicted octanol–water partition coefficient (Wildman–Crippen LogP) is 4.30. The lowest BCUT2D eigenvalue weighted by Gasteiger charge is -2.38. The summed E-state index contributed by atoms with van der Waals surface area (Å²) in [5.74, 6) is 0. The lowest BCUT2D eigenvalue weighted by molar-refractivity contribution is -0.174. The third-order valence-electron chi connectivity index (χ3n) is 4.10. The van der Waals surface area contributed by atoms with Crippen LogP contribution in [0, 0.1) is 5.41 Å². The summed E-state index contributed by atoms with van der Waals surface area (Å²) in [5, 5.41) is 3.49. The van der Waals surface area contributed by atoms with Gasteiger partial charge in [0, 0.05) is 13.2 Å². The maximum Gasteiger partial charge on any atom is 0.411 e. The number of hydrogen-bond acceptors (Lipinski definition) is 2. The molecule has 0 aliphatic heterocycles. The van der Waals surface area contributed by atoms with E-state index in [0.29, 0.717) is 0 Å². The van der Waals surface area contributed by atoms with Crippen molar-refractivity contribution in [2.24, 2.45) is 5.41 Å². The molecule has 20 heavy (non-hydrogen) atoms. The average Bonchev–Trinajstić information content (AvgIpc) is 2.38. The van der Waals surface area contributed by atoms with Gasteiger partial charge in [-0.25, -0.2) is 0 Å². The second-order valence-corrected chi connectivity index (χ2v) is 6.01. The topological polar surface area (TPSA) is 21.3 Å². The fourth-order valence-electron chi connectivity index (χ4n) is 3.08. The van der Waals surface area contributed by atoms with E-state index in [-0.39, 0.29) is 12.0 Å². The van der Waals surface area contributed by atoms with Gasteiger partial charge in [0.15, 0.2) is 0 Å². The van der Waals surface area contributed by atoms with Crippen LogP contribution in [0.4, 0.5) is 13.2 Å². The second kappa shape index (κ2) is 8.88. The Morgan fingerprint density at radius 2 is 1.85 bits per heavy atom. The van der Waals surface area contributed by atoms with Gasteiger partial charge in [-0.05, 0) is 44.1 Å². The van der Waals surface area contributed by atoms with Gasteiger partial charge in [0.1, 0.15) is 6.61 Å². The highest BCUT2D eigenvalue weighted by Crippen LogP contribution is 2.39. The molecule has 0 aromatic rings. The minimum Gasteiger partial charge on any atom is -0.372 e. The summed E-state index contributed by atoms with van der Waals surface area (Å²) in [6.45, 7) is 3.26. The maximum atomic E-state index is 12.0. The predicted molar refractivity (Wildman–Crippen MR) is 74.8 cm³/mol. The van der Waals surface area contributed by atoms with E-state index < -0.39 is 12.8 Å². The van der Waals surface area contributed by atoms with Crippen LogP contribution in [0.15, 0.2) is 0 Å². The van der Waals surface area contributed by atoms with Gasteiger partial charge in [-0.15, -0.1) is 0 Å². The first kappa shape index (κ1) is 17.8. The van der Waals surface area contributed by atoms with Crippen LogP contribution in [-0.4, -0.2) is 32.5 Å². The SMILES string of the molecule is CCCNCC1(CCCOCC(F)(F)F)CCCCC1. The second-order valence-electron chi connectivity index (χ2n) is 6.01. The van der Waals surface area contributed by atoms with Gasteiger partial charge in [-0.2, -0.15) is 13.2 Å². The molecule has 0 aromatic carbocycles. The van der Waals surface area contributed by atoms with Crippen LogP contribution in [0.2, 0.25) is 0 Å². The molecule has 0 spiro atoms. The van der Waals surface area contributed by atoms with E-state index in [9.17, 15) is 13.2 Å². The molecule has 1 fully saturated rings. The van der Waals surface area contributed by atoms with Gasteiger partial charge >= 0.3 is 6.18 Å². The first-order valence-corrected chi connectivity index (χ1v) is 7.83. The zero-order valence-corrected chi connectivity index (χ0v) is 12.5. The molecular formula is C15H28F3NO. The van der Waals surface area contributed by atoms with Crippen molar-refractivity contribution in [2.45, 2.75) is 64.5 Å². The smallest absolute Gasteiger partial charge is 0.372 e. The molecule has 0 heterocycles. The summed E-state index contributed by atoms with van der Waals surface area (Å²) in [7, 11) is 0. The van der Waals surface area contributed by atoms with Crippen LogP contribution in [0.25, 0.3) is 0 Å². The van der Waals surface area contributed by atoms with Gasteiger partial charge in [0.05, 0.1) is 0 Å². The molecule has 1 aliphatic rings. The van der Waals surface area contributed by atoms with Crippen LogP contribution in [0.3, 0.4) is 0 Å². The van der Waals surface area contributed by atoms with E-state index in [1.54, 1.807) is 0 Å². The highest BCUT2D eigenvalue weighted by Gasteiger charge is 2.31. The number of alkyl halides is 3. The summed E-state index contributed by atoms with van der Waals surface area (Å²) in [4.78, 5) is 0. The van der Waals surface area contributed by atoms with Crippen LogP contribution in [-0.2, 0) is 4.74 Å². The lowest BCUT2D eigenvalue weighted by atomic mass is 9.71.